The highest BCUT2D eigenvalue weighted by molar-refractivity contribution is 6.10. The third kappa shape index (κ3) is 2.99. The van der Waals surface area contributed by atoms with E-state index >= 15 is 0 Å². The second-order valence-electron chi connectivity index (χ2n) is 5.23. The fraction of sp³-hybridized carbons (Fsp3) is 0.167. The third-order valence-electron chi connectivity index (χ3n) is 3.73. The summed E-state index contributed by atoms with van der Waals surface area (Å²) < 4.78 is 10.3. The van der Waals surface area contributed by atoms with Gasteiger partial charge in [0.2, 0.25) is 5.78 Å². The molecule has 0 unspecified atom stereocenters. The fourth-order valence-electron chi connectivity index (χ4n) is 2.53. The van der Waals surface area contributed by atoms with Gasteiger partial charge in [-0.1, -0.05) is 0 Å². The largest absolute Gasteiger partial charge is 0.508 e. The molecule has 1 N–H and O–H groups in total. The van der Waals surface area contributed by atoms with E-state index in [0.717, 1.165) is 0 Å². The first-order valence-electron chi connectivity index (χ1n) is 7.36. The molecule has 2 aromatic heterocycles. The topological polar surface area (TPSA) is 89.6 Å². The smallest absolute Gasteiger partial charge is 0.305 e. The molecule has 0 atom stereocenters. The number of aromatic nitrogens is 1. The first kappa shape index (κ1) is 15.7. The highest BCUT2D eigenvalue weighted by atomic mass is 16.5. The number of ketones is 1. The van der Waals surface area contributed by atoms with E-state index in [0.29, 0.717) is 28.5 Å². The number of carbonyl (C=O) groups excluding carboxylic acids is 2. The molecule has 0 spiro atoms. The minimum absolute atomic E-state index is 0.0404. The van der Waals surface area contributed by atoms with Crippen molar-refractivity contribution in [2.45, 2.75) is 12.8 Å². The lowest BCUT2D eigenvalue weighted by Crippen LogP contribution is -2.06. The van der Waals surface area contributed by atoms with Crippen molar-refractivity contribution in [3.8, 4) is 5.75 Å². The molecule has 6 nitrogen and oxygen atoms in total. The van der Waals surface area contributed by atoms with Crippen LogP contribution in [0.1, 0.15) is 28.1 Å². The van der Waals surface area contributed by atoms with Crippen molar-refractivity contribution in [3.05, 3.63) is 59.6 Å². The van der Waals surface area contributed by atoms with E-state index in [9.17, 15) is 14.7 Å². The molecule has 0 aliphatic rings. The number of hydrogen-bond donors (Lipinski definition) is 1. The van der Waals surface area contributed by atoms with Crippen molar-refractivity contribution in [3.63, 3.8) is 0 Å². The van der Waals surface area contributed by atoms with Crippen LogP contribution in [0.5, 0.6) is 5.75 Å². The summed E-state index contributed by atoms with van der Waals surface area (Å²) in [5, 5.41) is 10.3. The summed E-state index contributed by atoms with van der Waals surface area (Å²) in [6.45, 7) is 0. The van der Waals surface area contributed by atoms with Gasteiger partial charge < -0.3 is 14.3 Å². The van der Waals surface area contributed by atoms with Gasteiger partial charge in [-0.05, 0) is 30.7 Å². The molecule has 2 heterocycles. The standard InChI is InChI=1S/C18H15NO5/c1-23-16(21)5-4-14-13-3-2-12(20)10-15(13)24-18(14)17(22)11-6-8-19-9-7-11/h2-3,6-10,20H,4-5H2,1H3. The van der Waals surface area contributed by atoms with Crippen LogP contribution < -0.4 is 0 Å². The van der Waals surface area contributed by atoms with E-state index in [1.165, 1.54) is 31.6 Å². The average Bonchev–Trinajstić information content (AvgIpc) is 2.97. The van der Waals surface area contributed by atoms with E-state index < -0.39 is 0 Å². The Morgan fingerprint density at radius 2 is 1.96 bits per heavy atom. The first-order valence-corrected chi connectivity index (χ1v) is 7.36. The third-order valence-corrected chi connectivity index (χ3v) is 3.73. The van der Waals surface area contributed by atoms with E-state index in [4.69, 9.17) is 4.42 Å². The van der Waals surface area contributed by atoms with E-state index in [-0.39, 0.29) is 29.7 Å². The number of furan rings is 1. The molecule has 24 heavy (non-hydrogen) atoms. The van der Waals surface area contributed by atoms with Crippen molar-refractivity contribution < 1.29 is 23.8 Å². The lowest BCUT2D eigenvalue weighted by molar-refractivity contribution is -0.140. The summed E-state index contributed by atoms with van der Waals surface area (Å²) in [6.07, 6.45) is 3.48. The van der Waals surface area contributed by atoms with Crippen molar-refractivity contribution in [1.29, 1.82) is 0 Å². The monoisotopic (exact) mass is 325 g/mol. The number of aromatic hydroxyl groups is 1. The van der Waals surface area contributed by atoms with Gasteiger partial charge in [0.1, 0.15) is 11.3 Å². The van der Waals surface area contributed by atoms with Gasteiger partial charge in [0.05, 0.1) is 7.11 Å². The number of rotatable bonds is 5. The molecule has 0 radical (unpaired) electrons. The van der Waals surface area contributed by atoms with E-state index in [2.05, 4.69) is 9.72 Å². The van der Waals surface area contributed by atoms with Crippen LogP contribution in [0.4, 0.5) is 0 Å². The molecule has 1 aromatic carbocycles. The molecule has 0 saturated carbocycles. The number of benzene rings is 1. The number of ether oxygens (including phenoxy) is 1. The van der Waals surface area contributed by atoms with Crippen molar-refractivity contribution >= 4 is 22.7 Å². The first-order chi connectivity index (χ1) is 11.6. The number of phenols is 1. The molecule has 6 heteroatoms. The Kier molecular flexibility index (Phi) is 4.29. The zero-order valence-corrected chi connectivity index (χ0v) is 13.0. The molecule has 0 aliphatic heterocycles. The highest BCUT2D eigenvalue weighted by Crippen LogP contribution is 2.31. The molecule has 3 rings (SSSR count). The van der Waals surface area contributed by atoms with Crippen LogP contribution in [-0.2, 0) is 16.0 Å². The molecule has 122 valence electrons. The minimum atomic E-state index is -0.370. The van der Waals surface area contributed by atoms with Gasteiger partial charge >= 0.3 is 5.97 Å². The quantitative estimate of drug-likeness (QED) is 0.573. The summed E-state index contributed by atoms with van der Waals surface area (Å²) in [7, 11) is 1.32. The molecule has 0 saturated heterocycles. The summed E-state index contributed by atoms with van der Waals surface area (Å²) in [5.41, 5.74) is 1.46. The Hall–Kier alpha value is -3.15. The lowest BCUT2D eigenvalue weighted by Gasteiger charge is -2.02. The summed E-state index contributed by atoms with van der Waals surface area (Å²) >= 11 is 0. The maximum Gasteiger partial charge on any atom is 0.305 e. The molecule has 0 bridgehead atoms. The van der Waals surface area contributed by atoms with Gasteiger partial charge in [0, 0.05) is 41.4 Å². The van der Waals surface area contributed by atoms with Gasteiger partial charge in [0.25, 0.3) is 0 Å². The van der Waals surface area contributed by atoms with Crippen LogP contribution in [0.3, 0.4) is 0 Å². The van der Waals surface area contributed by atoms with Crippen LogP contribution >= 0.6 is 0 Å². The number of pyridine rings is 1. The zero-order chi connectivity index (χ0) is 17.1. The van der Waals surface area contributed by atoms with Crippen LogP contribution in [0.25, 0.3) is 11.0 Å². The minimum Gasteiger partial charge on any atom is -0.508 e. The Morgan fingerprint density at radius 3 is 2.67 bits per heavy atom. The van der Waals surface area contributed by atoms with Crippen LogP contribution in [0, 0.1) is 0 Å². The lowest BCUT2D eigenvalue weighted by atomic mass is 10.0. The van der Waals surface area contributed by atoms with Gasteiger partial charge in [-0.25, -0.2) is 0 Å². The van der Waals surface area contributed by atoms with Gasteiger partial charge in [-0.3, -0.25) is 14.6 Å². The normalized spacial score (nSPS) is 10.7. The predicted molar refractivity (Wildman–Crippen MR) is 85.9 cm³/mol. The Morgan fingerprint density at radius 1 is 1.21 bits per heavy atom. The molecular weight excluding hydrogens is 310 g/mol. The molecule has 0 fully saturated rings. The molecular formula is C18H15NO5. The zero-order valence-electron chi connectivity index (χ0n) is 13.0. The molecule has 0 amide bonds. The molecule has 0 aliphatic carbocycles. The summed E-state index contributed by atoms with van der Waals surface area (Å²) in [5.74, 6) is -0.470. The van der Waals surface area contributed by atoms with E-state index in [1.54, 1.807) is 18.2 Å². The number of nitrogens with zero attached hydrogens (tertiary/aromatic N) is 1. The summed E-state index contributed by atoms with van der Waals surface area (Å²) in [6, 6.07) is 7.82. The highest BCUT2D eigenvalue weighted by Gasteiger charge is 2.22. The van der Waals surface area contributed by atoms with Crippen molar-refractivity contribution in [2.24, 2.45) is 0 Å². The second kappa shape index (κ2) is 6.54. The molecule has 3 aromatic rings. The van der Waals surface area contributed by atoms with Gasteiger partial charge in [-0.15, -0.1) is 0 Å². The number of methoxy groups -OCH3 is 1. The number of fused-ring (bicyclic) bond motifs is 1. The maximum absolute atomic E-state index is 12.7. The number of phenolic OH excluding ortho intramolecular Hbond substituents is 1. The van der Waals surface area contributed by atoms with Crippen molar-refractivity contribution in [2.75, 3.05) is 7.11 Å². The maximum atomic E-state index is 12.7. The predicted octanol–water partition coefficient (Wildman–Crippen LogP) is 2.87. The number of carbonyl (C=O) groups is 2. The van der Waals surface area contributed by atoms with Crippen LogP contribution in [-0.4, -0.2) is 29.0 Å². The summed E-state index contributed by atoms with van der Waals surface area (Å²) in [4.78, 5) is 28.1. The fourth-order valence-corrected chi connectivity index (χ4v) is 2.53. The number of esters is 1. The Bertz CT molecular complexity index is 898. The average molecular weight is 325 g/mol. The van der Waals surface area contributed by atoms with E-state index in [1.807, 2.05) is 0 Å². The van der Waals surface area contributed by atoms with Crippen molar-refractivity contribution in [1.82, 2.24) is 4.98 Å². The van der Waals surface area contributed by atoms with Gasteiger partial charge in [0.15, 0.2) is 5.76 Å². The van der Waals surface area contributed by atoms with Gasteiger partial charge in [-0.2, -0.15) is 0 Å². The number of aryl methyl sites for hydroxylation is 1. The SMILES string of the molecule is COC(=O)CCc1c(C(=O)c2ccncc2)oc2cc(O)ccc12. The Balaban J connectivity index is 2.08. The number of hydrogen-bond acceptors (Lipinski definition) is 6. The second-order valence-corrected chi connectivity index (χ2v) is 5.23. The van der Waals surface area contributed by atoms with Crippen LogP contribution in [0.2, 0.25) is 0 Å². The van der Waals surface area contributed by atoms with Crippen LogP contribution in [0.15, 0.2) is 47.1 Å². The Labute approximate surface area is 137 Å².